The highest BCUT2D eigenvalue weighted by Crippen LogP contribution is 2.30. The molecule has 2 fully saturated rings. The number of methoxy groups -OCH3 is 1. The predicted octanol–water partition coefficient (Wildman–Crippen LogP) is 3.73. The lowest BCUT2D eigenvalue weighted by molar-refractivity contribution is 0.0951. The van der Waals surface area contributed by atoms with Crippen LogP contribution in [0.4, 0.5) is 5.69 Å². The number of nitrogens with zero attached hydrogens (tertiary/aromatic N) is 2. The van der Waals surface area contributed by atoms with Crippen molar-refractivity contribution in [3.8, 4) is 5.75 Å². The molecule has 1 aromatic carbocycles. The van der Waals surface area contributed by atoms with E-state index in [4.69, 9.17) is 17.0 Å². The first-order valence-electron chi connectivity index (χ1n) is 9.06. The van der Waals surface area contributed by atoms with E-state index in [-0.39, 0.29) is 0 Å². The number of piperidine rings is 1. The highest BCUT2D eigenvalue weighted by molar-refractivity contribution is 7.80. The Balaban J connectivity index is 1.62. The van der Waals surface area contributed by atoms with Gasteiger partial charge in [0.1, 0.15) is 5.75 Å². The van der Waals surface area contributed by atoms with E-state index in [2.05, 4.69) is 29.0 Å². The third-order valence-corrected chi connectivity index (χ3v) is 5.81. The molecular formula is C19H29N3OS. The van der Waals surface area contributed by atoms with E-state index >= 15 is 0 Å². The SMILES string of the molecule is COc1cccc(NC(=S)N2CCC[C@H](N3[C@H](C)CC[C@@H]3C)C2)c1. The average molecular weight is 348 g/mol. The average Bonchev–Trinajstić information content (AvgIpc) is 2.93. The third kappa shape index (κ3) is 3.83. The molecular weight excluding hydrogens is 318 g/mol. The monoisotopic (exact) mass is 347 g/mol. The Morgan fingerprint density at radius 1 is 1.21 bits per heavy atom. The molecule has 0 unspecified atom stereocenters. The summed E-state index contributed by atoms with van der Waals surface area (Å²) in [4.78, 5) is 5.06. The summed E-state index contributed by atoms with van der Waals surface area (Å²) in [6.45, 7) is 6.82. The van der Waals surface area contributed by atoms with Gasteiger partial charge in [-0.25, -0.2) is 0 Å². The zero-order valence-corrected chi connectivity index (χ0v) is 15.8. The fourth-order valence-electron chi connectivity index (χ4n) is 4.22. The molecule has 2 saturated heterocycles. The molecule has 5 heteroatoms. The van der Waals surface area contributed by atoms with Gasteiger partial charge >= 0.3 is 0 Å². The highest BCUT2D eigenvalue weighted by atomic mass is 32.1. The molecule has 0 saturated carbocycles. The van der Waals surface area contributed by atoms with Gasteiger partial charge in [0.05, 0.1) is 7.11 Å². The Morgan fingerprint density at radius 2 is 1.96 bits per heavy atom. The Bertz CT molecular complexity index is 569. The quantitative estimate of drug-likeness (QED) is 0.841. The summed E-state index contributed by atoms with van der Waals surface area (Å²) in [6.07, 6.45) is 5.14. The predicted molar refractivity (Wildman–Crippen MR) is 104 cm³/mol. The van der Waals surface area contributed by atoms with Crippen molar-refractivity contribution < 1.29 is 4.74 Å². The minimum Gasteiger partial charge on any atom is -0.497 e. The maximum atomic E-state index is 5.68. The molecule has 4 nitrogen and oxygen atoms in total. The van der Waals surface area contributed by atoms with Crippen molar-refractivity contribution in [2.45, 2.75) is 57.7 Å². The van der Waals surface area contributed by atoms with E-state index in [1.54, 1.807) is 7.11 Å². The first-order valence-corrected chi connectivity index (χ1v) is 9.46. The molecule has 132 valence electrons. The molecule has 1 N–H and O–H groups in total. The van der Waals surface area contributed by atoms with Gasteiger partial charge in [-0.05, 0) is 63.9 Å². The van der Waals surface area contributed by atoms with Gasteiger partial charge in [-0.1, -0.05) is 6.07 Å². The van der Waals surface area contributed by atoms with E-state index in [1.165, 1.54) is 25.7 Å². The first kappa shape index (κ1) is 17.5. The van der Waals surface area contributed by atoms with Crippen molar-refractivity contribution in [3.63, 3.8) is 0 Å². The number of nitrogens with one attached hydrogen (secondary N) is 1. The van der Waals surface area contributed by atoms with Crippen LogP contribution in [-0.2, 0) is 0 Å². The lowest BCUT2D eigenvalue weighted by atomic mass is 10.0. The summed E-state index contributed by atoms with van der Waals surface area (Å²) < 4.78 is 5.29. The van der Waals surface area contributed by atoms with Crippen molar-refractivity contribution in [2.75, 3.05) is 25.5 Å². The Morgan fingerprint density at radius 3 is 2.67 bits per heavy atom. The summed E-state index contributed by atoms with van der Waals surface area (Å²) in [5, 5.41) is 4.21. The molecule has 0 radical (unpaired) electrons. The van der Waals surface area contributed by atoms with Crippen LogP contribution in [-0.4, -0.2) is 53.2 Å². The number of benzene rings is 1. The van der Waals surface area contributed by atoms with Gasteiger partial charge in [0.2, 0.25) is 0 Å². The molecule has 3 rings (SSSR count). The van der Waals surface area contributed by atoms with Gasteiger partial charge in [-0.2, -0.15) is 0 Å². The molecule has 0 amide bonds. The first-order chi connectivity index (χ1) is 11.6. The maximum absolute atomic E-state index is 5.68. The molecule has 24 heavy (non-hydrogen) atoms. The lowest BCUT2D eigenvalue weighted by Gasteiger charge is -2.42. The highest BCUT2D eigenvalue weighted by Gasteiger charge is 2.35. The number of hydrogen-bond donors (Lipinski definition) is 1. The van der Waals surface area contributed by atoms with Gasteiger partial charge < -0.3 is 15.0 Å². The van der Waals surface area contributed by atoms with Crippen LogP contribution in [0, 0.1) is 0 Å². The largest absolute Gasteiger partial charge is 0.497 e. The van der Waals surface area contributed by atoms with Crippen molar-refractivity contribution >= 4 is 23.0 Å². The Hall–Kier alpha value is -1.33. The third-order valence-electron chi connectivity index (χ3n) is 5.45. The van der Waals surface area contributed by atoms with Crippen LogP contribution in [0.25, 0.3) is 0 Å². The van der Waals surface area contributed by atoms with Gasteiger partial charge in [0.25, 0.3) is 0 Å². The Kier molecular flexibility index (Phi) is 5.61. The molecule has 0 spiro atoms. The van der Waals surface area contributed by atoms with Crippen LogP contribution >= 0.6 is 12.2 Å². The van der Waals surface area contributed by atoms with E-state index in [1.807, 2.05) is 24.3 Å². The second-order valence-electron chi connectivity index (χ2n) is 7.13. The van der Waals surface area contributed by atoms with Crippen LogP contribution in [0.1, 0.15) is 39.5 Å². The molecule has 2 aliphatic heterocycles. The van der Waals surface area contributed by atoms with Crippen LogP contribution in [0.5, 0.6) is 5.75 Å². The van der Waals surface area contributed by atoms with Crippen LogP contribution in [0.2, 0.25) is 0 Å². The summed E-state index contributed by atoms with van der Waals surface area (Å²) in [5.74, 6) is 0.846. The van der Waals surface area contributed by atoms with Gasteiger partial charge in [-0.15, -0.1) is 0 Å². The van der Waals surface area contributed by atoms with Gasteiger partial charge in [0.15, 0.2) is 5.11 Å². The van der Waals surface area contributed by atoms with Crippen molar-refractivity contribution in [3.05, 3.63) is 24.3 Å². The van der Waals surface area contributed by atoms with E-state index in [9.17, 15) is 0 Å². The molecule has 0 aliphatic carbocycles. The number of hydrogen-bond acceptors (Lipinski definition) is 3. The summed E-state index contributed by atoms with van der Waals surface area (Å²) in [6, 6.07) is 9.96. The number of anilines is 1. The molecule has 0 aromatic heterocycles. The van der Waals surface area contributed by atoms with Crippen molar-refractivity contribution in [2.24, 2.45) is 0 Å². The minimum atomic E-state index is 0.622. The molecule has 2 aliphatic rings. The van der Waals surface area contributed by atoms with Gasteiger partial charge in [0, 0.05) is 43.0 Å². The van der Waals surface area contributed by atoms with Crippen LogP contribution in [0.15, 0.2) is 24.3 Å². The summed E-state index contributed by atoms with van der Waals surface area (Å²) in [5.41, 5.74) is 0.990. The fraction of sp³-hybridized carbons (Fsp3) is 0.632. The second-order valence-corrected chi connectivity index (χ2v) is 7.51. The minimum absolute atomic E-state index is 0.622. The summed E-state index contributed by atoms with van der Waals surface area (Å²) >= 11 is 5.68. The zero-order chi connectivity index (χ0) is 17.1. The molecule has 1 aromatic rings. The van der Waals surface area contributed by atoms with Crippen molar-refractivity contribution in [1.82, 2.24) is 9.80 Å². The number of ether oxygens (including phenoxy) is 1. The standard InChI is InChI=1S/C19H29N3OS/c1-14-9-10-15(2)22(14)17-7-5-11-21(13-17)19(24)20-16-6-4-8-18(12-16)23-3/h4,6,8,12,14-15,17H,5,7,9-11,13H2,1-3H3,(H,20,24)/t14-,15+,17-/m0/s1. The van der Waals surface area contributed by atoms with Crippen LogP contribution in [0.3, 0.4) is 0 Å². The zero-order valence-electron chi connectivity index (χ0n) is 15.0. The molecule has 3 atom stereocenters. The summed E-state index contributed by atoms with van der Waals surface area (Å²) in [7, 11) is 1.69. The normalized spacial score (nSPS) is 28.0. The number of thiocarbonyl (C=S) groups is 1. The number of rotatable bonds is 3. The van der Waals surface area contributed by atoms with E-state index < -0.39 is 0 Å². The lowest BCUT2D eigenvalue weighted by Crippen LogP contribution is -2.53. The maximum Gasteiger partial charge on any atom is 0.173 e. The second kappa shape index (κ2) is 7.70. The van der Waals surface area contributed by atoms with E-state index in [0.717, 1.165) is 29.6 Å². The van der Waals surface area contributed by atoms with E-state index in [0.29, 0.717) is 18.1 Å². The molecule has 2 heterocycles. The smallest absolute Gasteiger partial charge is 0.173 e. The Labute approximate surface area is 151 Å². The number of likely N-dealkylation sites (tertiary alicyclic amines) is 2. The van der Waals surface area contributed by atoms with Crippen molar-refractivity contribution in [1.29, 1.82) is 0 Å². The fourth-order valence-corrected chi connectivity index (χ4v) is 4.50. The molecule has 0 bridgehead atoms. The topological polar surface area (TPSA) is 27.7 Å². The van der Waals surface area contributed by atoms with Gasteiger partial charge in [-0.3, -0.25) is 4.90 Å². The van der Waals surface area contributed by atoms with Crippen LogP contribution < -0.4 is 10.1 Å².